The summed E-state index contributed by atoms with van der Waals surface area (Å²) in [7, 11) is 0. The molecule has 0 bridgehead atoms. The molecule has 0 radical (unpaired) electrons. The van der Waals surface area contributed by atoms with Crippen LogP contribution in [0.5, 0.6) is 0 Å². The Balaban J connectivity index is 1.75. The Morgan fingerprint density at radius 2 is 2.14 bits per heavy atom. The first-order valence-corrected chi connectivity index (χ1v) is 7.82. The van der Waals surface area contributed by atoms with Gasteiger partial charge in [-0.2, -0.15) is 0 Å². The Morgan fingerprint density at radius 1 is 1.32 bits per heavy atom. The van der Waals surface area contributed by atoms with E-state index in [1.807, 2.05) is 25.4 Å². The fraction of sp³-hybridized carbons (Fsp3) is 0.389. The first-order chi connectivity index (χ1) is 10.8. The van der Waals surface area contributed by atoms with E-state index in [0.29, 0.717) is 12.5 Å². The lowest BCUT2D eigenvalue weighted by Crippen LogP contribution is -2.09. The Bertz CT molecular complexity index is 694. The largest absolute Gasteiger partial charge is 0.463 e. The molecule has 4 nitrogen and oxygen atoms in total. The topological polar surface area (TPSA) is 52.1 Å². The van der Waals surface area contributed by atoms with Crippen LogP contribution in [0.2, 0.25) is 0 Å². The van der Waals surface area contributed by atoms with E-state index >= 15 is 0 Å². The van der Waals surface area contributed by atoms with Crippen LogP contribution in [0.4, 0.5) is 0 Å². The van der Waals surface area contributed by atoms with E-state index in [1.54, 1.807) is 12.3 Å². The second kappa shape index (κ2) is 6.69. The van der Waals surface area contributed by atoms with Crippen molar-refractivity contribution in [3.8, 4) is 0 Å². The van der Waals surface area contributed by atoms with Gasteiger partial charge in [0.2, 0.25) is 0 Å². The second-order valence-corrected chi connectivity index (χ2v) is 5.62. The lowest BCUT2D eigenvalue weighted by Gasteiger charge is -2.25. The molecule has 0 saturated heterocycles. The Morgan fingerprint density at radius 3 is 2.91 bits per heavy atom. The summed E-state index contributed by atoms with van der Waals surface area (Å²) < 4.78 is 4.98. The molecule has 1 aliphatic carbocycles. The molecular formula is C18H20N2O2. The van der Waals surface area contributed by atoms with Gasteiger partial charge >= 0.3 is 5.97 Å². The summed E-state index contributed by atoms with van der Waals surface area (Å²) in [5, 5.41) is 1.15. The molecule has 0 aromatic carbocycles. The lowest BCUT2D eigenvalue weighted by atomic mass is 9.80. The van der Waals surface area contributed by atoms with Crippen molar-refractivity contribution in [2.24, 2.45) is 0 Å². The van der Waals surface area contributed by atoms with E-state index in [-0.39, 0.29) is 5.97 Å². The number of carbonyl (C=O) groups excluding carboxylic acids is 1. The number of fused-ring (bicyclic) bond motifs is 1. The average Bonchev–Trinajstić information content (AvgIpc) is 2.55. The van der Waals surface area contributed by atoms with Crippen molar-refractivity contribution in [3.05, 3.63) is 47.9 Å². The Labute approximate surface area is 130 Å². The van der Waals surface area contributed by atoms with Crippen LogP contribution in [0.25, 0.3) is 10.9 Å². The van der Waals surface area contributed by atoms with Gasteiger partial charge in [0, 0.05) is 30.1 Å². The first-order valence-electron chi connectivity index (χ1n) is 7.82. The molecule has 1 saturated carbocycles. The number of hydrogen-bond acceptors (Lipinski definition) is 4. The van der Waals surface area contributed by atoms with E-state index in [9.17, 15) is 4.79 Å². The van der Waals surface area contributed by atoms with Crippen LogP contribution in [0.1, 0.15) is 44.1 Å². The van der Waals surface area contributed by atoms with Gasteiger partial charge in [-0.25, -0.2) is 4.79 Å². The maximum atomic E-state index is 11.5. The van der Waals surface area contributed by atoms with E-state index in [4.69, 9.17) is 4.74 Å². The van der Waals surface area contributed by atoms with Gasteiger partial charge < -0.3 is 4.74 Å². The summed E-state index contributed by atoms with van der Waals surface area (Å²) in [5.74, 6) is 0.295. The Kier molecular flexibility index (Phi) is 4.47. The molecule has 0 N–H and O–H groups in total. The standard InChI is InChI=1S/C18H20N2O2/c1-2-22-18(21)11-13-3-5-14(6-4-13)15-7-10-20-17-8-9-19-12-16(15)17/h7-12,14H,2-6H2,1H3. The van der Waals surface area contributed by atoms with Crippen molar-refractivity contribution < 1.29 is 9.53 Å². The third-order valence-corrected chi connectivity index (χ3v) is 4.25. The fourth-order valence-corrected chi connectivity index (χ4v) is 3.16. The summed E-state index contributed by atoms with van der Waals surface area (Å²) in [5.41, 5.74) is 3.53. The van der Waals surface area contributed by atoms with Gasteiger partial charge in [0.05, 0.1) is 12.1 Å². The molecule has 4 heteroatoms. The van der Waals surface area contributed by atoms with E-state index in [2.05, 4.69) is 16.0 Å². The molecule has 1 fully saturated rings. The summed E-state index contributed by atoms with van der Waals surface area (Å²) in [4.78, 5) is 20.2. The van der Waals surface area contributed by atoms with Crippen molar-refractivity contribution in [1.29, 1.82) is 0 Å². The molecule has 2 aromatic rings. The lowest BCUT2D eigenvalue weighted by molar-refractivity contribution is -0.137. The van der Waals surface area contributed by atoms with Crippen LogP contribution in [-0.2, 0) is 9.53 Å². The molecule has 0 atom stereocenters. The highest BCUT2D eigenvalue weighted by Crippen LogP contribution is 2.37. The third-order valence-electron chi connectivity index (χ3n) is 4.25. The smallest absolute Gasteiger partial charge is 0.330 e. The number of nitrogens with zero attached hydrogens (tertiary/aromatic N) is 2. The van der Waals surface area contributed by atoms with Crippen molar-refractivity contribution in [2.45, 2.75) is 38.5 Å². The number of pyridine rings is 2. The average molecular weight is 296 g/mol. The molecule has 2 aromatic heterocycles. The quantitative estimate of drug-likeness (QED) is 0.639. The molecule has 1 aliphatic rings. The van der Waals surface area contributed by atoms with Gasteiger partial charge in [0.1, 0.15) is 0 Å². The number of hydrogen-bond donors (Lipinski definition) is 0. The van der Waals surface area contributed by atoms with Crippen LogP contribution in [0.3, 0.4) is 0 Å². The summed E-state index contributed by atoms with van der Waals surface area (Å²) in [6, 6.07) is 4.06. The molecule has 0 aliphatic heterocycles. The summed E-state index contributed by atoms with van der Waals surface area (Å²) in [6.45, 7) is 2.26. The predicted molar refractivity (Wildman–Crippen MR) is 85.5 cm³/mol. The van der Waals surface area contributed by atoms with Crippen LogP contribution in [-0.4, -0.2) is 22.5 Å². The zero-order valence-electron chi connectivity index (χ0n) is 12.8. The number of aromatic nitrogens is 2. The number of ether oxygens (including phenoxy) is 1. The van der Waals surface area contributed by atoms with E-state index in [0.717, 1.165) is 36.6 Å². The van der Waals surface area contributed by atoms with Crippen LogP contribution in [0, 0.1) is 0 Å². The second-order valence-electron chi connectivity index (χ2n) is 5.62. The SMILES string of the molecule is CCOC(=O)C=C1CCC(c2ccnc3ccncc23)CC1. The zero-order valence-corrected chi connectivity index (χ0v) is 12.8. The first kappa shape index (κ1) is 14.7. The van der Waals surface area contributed by atoms with Gasteiger partial charge in [-0.3, -0.25) is 9.97 Å². The molecule has 0 spiro atoms. The number of carbonyl (C=O) groups is 1. The van der Waals surface area contributed by atoms with Crippen molar-refractivity contribution in [2.75, 3.05) is 6.61 Å². The van der Waals surface area contributed by atoms with Crippen LogP contribution >= 0.6 is 0 Å². The summed E-state index contributed by atoms with van der Waals surface area (Å²) in [6.07, 6.45) is 11.2. The van der Waals surface area contributed by atoms with E-state index in [1.165, 1.54) is 11.1 Å². The van der Waals surface area contributed by atoms with Crippen LogP contribution in [0.15, 0.2) is 42.4 Å². The van der Waals surface area contributed by atoms with Gasteiger partial charge in [0.15, 0.2) is 0 Å². The third kappa shape index (κ3) is 3.16. The van der Waals surface area contributed by atoms with Crippen LogP contribution < -0.4 is 0 Å². The zero-order chi connectivity index (χ0) is 15.4. The minimum Gasteiger partial charge on any atom is -0.463 e. The Hall–Kier alpha value is -2.23. The number of esters is 1. The molecule has 114 valence electrons. The maximum absolute atomic E-state index is 11.5. The minimum absolute atomic E-state index is 0.213. The predicted octanol–water partition coefficient (Wildman–Crippen LogP) is 3.78. The van der Waals surface area contributed by atoms with Crippen molar-refractivity contribution in [1.82, 2.24) is 9.97 Å². The summed E-state index contributed by atoms with van der Waals surface area (Å²) >= 11 is 0. The van der Waals surface area contributed by atoms with Crippen molar-refractivity contribution in [3.63, 3.8) is 0 Å². The normalized spacial score (nSPS) is 18.2. The highest BCUT2D eigenvalue weighted by atomic mass is 16.5. The molecule has 22 heavy (non-hydrogen) atoms. The number of rotatable bonds is 3. The number of allylic oxidation sites excluding steroid dienone is 1. The molecule has 2 heterocycles. The molecule has 0 unspecified atom stereocenters. The monoisotopic (exact) mass is 296 g/mol. The highest BCUT2D eigenvalue weighted by Gasteiger charge is 2.21. The molecular weight excluding hydrogens is 276 g/mol. The highest BCUT2D eigenvalue weighted by molar-refractivity contribution is 5.83. The van der Waals surface area contributed by atoms with E-state index < -0.39 is 0 Å². The van der Waals surface area contributed by atoms with Gasteiger partial charge in [-0.05, 0) is 56.2 Å². The fourth-order valence-electron chi connectivity index (χ4n) is 3.16. The van der Waals surface area contributed by atoms with Crippen molar-refractivity contribution >= 4 is 16.9 Å². The molecule has 0 amide bonds. The minimum atomic E-state index is -0.213. The van der Waals surface area contributed by atoms with Gasteiger partial charge in [-0.15, -0.1) is 0 Å². The van der Waals surface area contributed by atoms with Gasteiger partial charge in [0.25, 0.3) is 0 Å². The molecule has 3 rings (SSSR count). The maximum Gasteiger partial charge on any atom is 0.330 e. The van der Waals surface area contributed by atoms with Gasteiger partial charge in [-0.1, -0.05) is 5.57 Å².